The molecule has 2 saturated carbocycles. The molecule has 1 spiro atoms. The van der Waals surface area contributed by atoms with Gasteiger partial charge in [0.05, 0.1) is 21.7 Å². The average molecular weight is 784 g/mol. The highest BCUT2D eigenvalue weighted by atomic mass is 35.5. The van der Waals surface area contributed by atoms with E-state index >= 15 is 0 Å². The monoisotopic (exact) mass is 783 g/mol. The minimum Gasteiger partial charge on any atom is -0.489 e. The van der Waals surface area contributed by atoms with E-state index in [1.807, 2.05) is 23.1 Å². The number of piperidine rings is 1. The van der Waals surface area contributed by atoms with Crippen LogP contribution in [0.15, 0.2) is 54.6 Å². The highest BCUT2D eigenvalue weighted by Crippen LogP contribution is 2.59. The number of hydrogen-bond donors (Lipinski definition) is 1. The minimum atomic E-state index is -0.986. The lowest BCUT2D eigenvalue weighted by atomic mass is 9.49. The van der Waals surface area contributed by atoms with Crippen LogP contribution in [0.1, 0.15) is 108 Å². The van der Waals surface area contributed by atoms with Crippen molar-refractivity contribution in [3.63, 3.8) is 0 Å². The molecule has 0 aromatic heterocycles. The maximum absolute atomic E-state index is 13.8. The van der Waals surface area contributed by atoms with Gasteiger partial charge in [-0.2, -0.15) is 5.26 Å². The topological polar surface area (TPSA) is 140 Å². The Bertz CT molecular complexity index is 2420. The number of anilines is 1. The molecule has 1 unspecified atom stereocenters. The van der Waals surface area contributed by atoms with E-state index in [-0.39, 0.29) is 58.6 Å². The second-order valence-electron chi connectivity index (χ2n) is 17.8. The number of hydrogen-bond acceptors (Lipinski definition) is 8. The van der Waals surface area contributed by atoms with Crippen LogP contribution in [0.3, 0.4) is 0 Å². The molecular formula is C45H42ClN5O6. The van der Waals surface area contributed by atoms with Crippen molar-refractivity contribution in [3.8, 4) is 23.7 Å². The van der Waals surface area contributed by atoms with Crippen molar-refractivity contribution in [3.05, 3.63) is 93.0 Å². The number of carbonyl (C=O) groups excluding carboxylic acids is 5. The molecule has 3 aromatic rings. The second-order valence-corrected chi connectivity index (χ2v) is 18.2. The molecule has 5 amide bonds. The molecule has 4 aliphatic heterocycles. The molecule has 3 aromatic carbocycles. The van der Waals surface area contributed by atoms with Gasteiger partial charge in [-0.3, -0.25) is 34.2 Å². The van der Waals surface area contributed by atoms with E-state index < -0.39 is 29.7 Å². The third-order valence-electron chi connectivity index (χ3n) is 13.3. The molecule has 12 heteroatoms. The van der Waals surface area contributed by atoms with Crippen LogP contribution < -0.4 is 15.0 Å². The first-order valence-electron chi connectivity index (χ1n) is 19.5. The number of nitrogens with zero attached hydrogens (tertiary/aromatic N) is 4. The normalized spacial score (nSPS) is 25.3. The largest absolute Gasteiger partial charge is 0.489 e. The summed E-state index contributed by atoms with van der Waals surface area (Å²) in [5.41, 5.74) is 3.87. The van der Waals surface area contributed by atoms with Crippen LogP contribution in [-0.2, 0) is 16.1 Å². The molecule has 4 fully saturated rings. The number of benzene rings is 3. The zero-order valence-electron chi connectivity index (χ0n) is 32.3. The van der Waals surface area contributed by atoms with Gasteiger partial charge in [0.15, 0.2) is 0 Å². The lowest BCUT2D eigenvalue weighted by Gasteiger charge is -2.65. The lowest BCUT2D eigenvalue weighted by Crippen LogP contribution is -2.74. The van der Waals surface area contributed by atoms with Crippen molar-refractivity contribution in [1.29, 1.82) is 5.26 Å². The molecule has 0 radical (unpaired) electrons. The summed E-state index contributed by atoms with van der Waals surface area (Å²) >= 11 is 6.29. The molecule has 11 nitrogen and oxygen atoms in total. The van der Waals surface area contributed by atoms with E-state index in [2.05, 4.69) is 61.9 Å². The highest BCUT2D eigenvalue weighted by Gasteiger charge is 2.67. The van der Waals surface area contributed by atoms with E-state index in [9.17, 15) is 29.2 Å². The molecular weight excluding hydrogens is 742 g/mol. The first-order valence-corrected chi connectivity index (χ1v) is 19.9. The van der Waals surface area contributed by atoms with Gasteiger partial charge in [-0.1, -0.05) is 51.1 Å². The summed E-state index contributed by atoms with van der Waals surface area (Å²) < 4.78 is 6.47. The number of rotatable bonds is 5. The first-order chi connectivity index (χ1) is 27.1. The predicted octanol–water partition coefficient (Wildman–Crippen LogP) is 6.11. The third kappa shape index (κ3) is 5.81. The van der Waals surface area contributed by atoms with E-state index in [0.717, 1.165) is 54.1 Å². The number of fused-ring (bicyclic) bond motifs is 2. The van der Waals surface area contributed by atoms with Crippen LogP contribution in [0.2, 0.25) is 5.02 Å². The number of halogens is 1. The van der Waals surface area contributed by atoms with Crippen molar-refractivity contribution in [1.82, 2.24) is 15.1 Å². The molecule has 290 valence electrons. The number of carbonyl (C=O) groups is 5. The number of ether oxygens (including phenoxy) is 1. The van der Waals surface area contributed by atoms with Crippen LogP contribution in [0.5, 0.6) is 5.75 Å². The molecule has 2 saturated heterocycles. The summed E-state index contributed by atoms with van der Waals surface area (Å²) in [6, 6.07) is 17.4. The summed E-state index contributed by atoms with van der Waals surface area (Å²) in [6.07, 6.45) is 2.98. The van der Waals surface area contributed by atoms with Gasteiger partial charge in [0.2, 0.25) is 11.8 Å². The van der Waals surface area contributed by atoms with Crippen molar-refractivity contribution in [2.75, 3.05) is 18.0 Å². The molecule has 9 rings (SSSR count). The van der Waals surface area contributed by atoms with E-state index in [4.69, 9.17) is 16.3 Å². The Hall–Kier alpha value is -5.65. The molecule has 6 aliphatic rings. The summed E-state index contributed by atoms with van der Waals surface area (Å²) in [5, 5.41) is 11.8. The quantitative estimate of drug-likeness (QED) is 0.242. The van der Waals surface area contributed by atoms with Gasteiger partial charge in [0.1, 0.15) is 24.0 Å². The maximum Gasteiger partial charge on any atom is 0.262 e. The molecule has 2 aliphatic carbocycles. The van der Waals surface area contributed by atoms with E-state index in [1.54, 1.807) is 30.3 Å². The van der Waals surface area contributed by atoms with Crippen LogP contribution in [-0.4, -0.2) is 70.6 Å². The van der Waals surface area contributed by atoms with E-state index in [1.165, 1.54) is 0 Å². The number of nitrogens with one attached hydrogen (secondary N) is 1. The molecule has 4 heterocycles. The van der Waals surface area contributed by atoms with Gasteiger partial charge in [0.25, 0.3) is 17.7 Å². The number of nitriles is 1. The maximum atomic E-state index is 13.8. The average Bonchev–Trinajstić information content (AvgIpc) is 3.81. The SMILES string of the molecule is CC1(C)[C@H](Oc2ccc(C#N)c(Cl)c2)C(C)(C)[C@H]1N1Cc2cc(C#CC3CC4(CCN(c5ccc6c(c5)C(=O)N(C5CCC(=O)NC5=O)C6=O)C4)C3)ccc2C1=O. The molecule has 1 atom stereocenters. The van der Waals surface area contributed by atoms with Crippen LogP contribution in [0.25, 0.3) is 0 Å². The Kier molecular flexibility index (Phi) is 8.39. The van der Waals surface area contributed by atoms with Crippen molar-refractivity contribution in [2.24, 2.45) is 22.2 Å². The number of amides is 5. The van der Waals surface area contributed by atoms with Gasteiger partial charge in [-0.05, 0) is 85.2 Å². The highest BCUT2D eigenvalue weighted by molar-refractivity contribution is 6.31. The standard InChI is InChI=1S/C45H42ClN5O6/c1-43(2)41(44(3,4)42(43)57-30-10-8-27(22-47)34(46)19-30)50-23-28-17-25(7-11-31(28)38(50)54)5-6-26-20-45(21-26)15-16-49(24-45)29-9-12-32-33(18-29)40(56)51(39(32)55)35-13-14-36(52)48-37(35)53/h7-12,17-19,26,35,41-42H,13-16,20-21,23-24H2,1-4H3,(H,48,52,53)/t26?,35?,41-,42-,45?. The van der Waals surface area contributed by atoms with Crippen molar-refractivity contribution >= 4 is 46.8 Å². The van der Waals surface area contributed by atoms with Crippen molar-refractivity contribution < 1.29 is 28.7 Å². The Labute approximate surface area is 336 Å². The first kappa shape index (κ1) is 37.0. The fraction of sp³-hybridized carbons (Fsp3) is 0.422. The molecule has 0 bridgehead atoms. The zero-order valence-corrected chi connectivity index (χ0v) is 33.0. The third-order valence-corrected chi connectivity index (χ3v) is 13.6. The zero-order chi connectivity index (χ0) is 40.2. The minimum absolute atomic E-state index is 0.0215. The summed E-state index contributed by atoms with van der Waals surface area (Å²) in [5.74, 6) is 5.77. The van der Waals surface area contributed by atoms with Crippen LogP contribution in [0.4, 0.5) is 5.69 Å². The van der Waals surface area contributed by atoms with Crippen molar-refractivity contribution in [2.45, 2.75) is 84.5 Å². The van der Waals surface area contributed by atoms with E-state index in [0.29, 0.717) is 34.0 Å². The Balaban J connectivity index is 0.821. The lowest BCUT2D eigenvalue weighted by molar-refractivity contribution is -0.199. The fourth-order valence-electron chi connectivity index (χ4n) is 11.1. The van der Waals surface area contributed by atoms with Gasteiger partial charge in [-0.25, -0.2) is 0 Å². The Morgan fingerprint density at radius 3 is 2.33 bits per heavy atom. The van der Waals surface area contributed by atoms with Gasteiger partial charge in [-0.15, -0.1) is 0 Å². The van der Waals surface area contributed by atoms with Gasteiger partial charge >= 0.3 is 0 Å². The second kappa shape index (κ2) is 12.9. The van der Waals surface area contributed by atoms with Gasteiger partial charge < -0.3 is 14.5 Å². The number of imide groups is 2. The molecule has 1 N–H and O–H groups in total. The summed E-state index contributed by atoms with van der Waals surface area (Å²) in [7, 11) is 0. The smallest absolute Gasteiger partial charge is 0.262 e. The Morgan fingerprint density at radius 1 is 0.877 bits per heavy atom. The van der Waals surface area contributed by atoms with Crippen LogP contribution >= 0.6 is 11.6 Å². The molecule has 57 heavy (non-hydrogen) atoms. The summed E-state index contributed by atoms with van der Waals surface area (Å²) in [6.45, 7) is 10.7. The summed E-state index contributed by atoms with van der Waals surface area (Å²) in [4.78, 5) is 69.7. The Morgan fingerprint density at radius 2 is 1.61 bits per heavy atom. The predicted molar refractivity (Wildman–Crippen MR) is 210 cm³/mol. The fourth-order valence-corrected chi connectivity index (χ4v) is 11.3. The van der Waals surface area contributed by atoms with Crippen LogP contribution in [0, 0.1) is 45.3 Å². The van der Waals surface area contributed by atoms with Gasteiger partial charge in [0, 0.05) is 71.7 Å².